The lowest BCUT2D eigenvalue weighted by atomic mass is 9.79. The molecule has 1 heteroatoms. The second-order valence-electron chi connectivity index (χ2n) is 10.5. The molecule has 0 nitrogen and oxygen atoms in total. The third kappa shape index (κ3) is 5.67. The summed E-state index contributed by atoms with van der Waals surface area (Å²) in [6, 6.07) is 23.3. The summed E-state index contributed by atoms with van der Waals surface area (Å²) < 4.78 is 0. The molecule has 0 amide bonds. The quantitative estimate of drug-likeness (QED) is 0.272. The predicted molar refractivity (Wildman–Crippen MR) is 144 cm³/mol. The number of rotatable bonds is 7. The topological polar surface area (TPSA) is 0 Å². The van der Waals surface area contributed by atoms with Gasteiger partial charge in [0.25, 0.3) is 0 Å². The van der Waals surface area contributed by atoms with Gasteiger partial charge in [-0.15, -0.1) is 12.6 Å². The van der Waals surface area contributed by atoms with Crippen LogP contribution in [-0.4, -0.2) is 0 Å². The van der Waals surface area contributed by atoms with E-state index in [2.05, 4.69) is 129 Å². The summed E-state index contributed by atoms with van der Waals surface area (Å²) in [7, 11) is 0. The predicted octanol–water partition coefficient (Wildman–Crippen LogP) is 9.65. The lowest BCUT2D eigenvalue weighted by Crippen LogP contribution is -2.08. The Balaban J connectivity index is 2.31. The summed E-state index contributed by atoms with van der Waals surface area (Å²) in [5.41, 5.74) is 9.80. The molecule has 0 atom stereocenters. The van der Waals surface area contributed by atoms with Gasteiger partial charge in [0.05, 0.1) is 0 Å². The Labute approximate surface area is 201 Å². The molecule has 0 radical (unpaired) electrons. The highest BCUT2D eigenvalue weighted by molar-refractivity contribution is 7.80. The van der Waals surface area contributed by atoms with Crippen molar-refractivity contribution in [2.45, 2.75) is 89.9 Å². The molecule has 0 saturated heterocycles. The highest BCUT2D eigenvalue weighted by atomic mass is 32.1. The van der Waals surface area contributed by atoms with E-state index in [-0.39, 0.29) is 5.92 Å². The Morgan fingerprint density at radius 1 is 0.406 bits per heavy atom. The van der Waals surface area contributed by atoms with Crippen molar-refractivity contribution >= 4 is 12.6 Å². The van der Waals surface area contributed by atoms with Gasteiger partial charge in [0.15, 0.2) is 0 Å². The summed E-state index contributed by atoms with van der Waals surface area (Å²) in [6.07, 6.45) is 0. The summed E-state index contributed by atoms with van der Waals surface area (Å²) in [5, 5.41) is 0. The molecular weight excluding hydrogens is 404 g/mol. The Hall–Kier alpha value is -1.99. The summed E-state index contributed by atoms with van der Waals surface area (Å²) in [4.78, 5) is 1.00. The Kier molecular flexibility index (Phi) is 7.93. The van der Waals surface area contributed by atoms with Crippen molar-refractivity contribution in [3.05, 3.63) is 99.6 Å². The third-order valence-corrected chi connectivity index (χ3v) is 6.86. The van der Waals surface area contributed by atoms with Gasteiger partial charge in [-0.1, -0.05) is 104 Å². The number of benzene rings is 3. The maximum absolute atomic E-state index is 4.55. The normalized spacial score (nSPS) is 12.1. The van der Waals surface area contributed by atoms with Crippen molar-refractivity contribution in [3.8, 4) is 0 Å². The van der Waals surface area contributed by atoms with Crippen LogP contribution < -0.4 is 0 Å². The van der Waals surface area contributed by atoms with Gasteiger partial charge in [0, 0.05) is 10.8 Å². The maximum Gasteiger partial charge on any atom is 0.0340 e. The number of thiol groups is 1. The van der Waals surface area contributed by atoms with Gasteiger partial charge in [-0.2, -0.15) is 0 Å². The van der Waals surface area contributed by atoms with Crippen LogP contribution in [0.3, 0.4) is 0 Å². The van der Waals surface area contributed by atoms with Crippen LogP contribution in [0.4, 0.5) is 0 Å². The average molecular weight is 445 g/mol. The smallest absolute Gasteiger partial charge is 0.0340 e. The van der Waals surface area contributed by atoms with E-state index in [1.807, 2.05) is 0 Å². The molecule has 0 aliphatic carbocycles. The van der Waals surface area contributed by atoms with Crippen LogP contribution in [0.25, 0.3) is 0 Å². The molecule has 0 bridgehead atoms. The Bertz CT molecular complexity index is 923. The molecule has 3 aromatic carbocycles. The van der Waals surface area contributed by atoms with Gasteiger partial charge in [0.1, 0.15) is 0 Å². The fourth-order valence-electron chi connectivity index (χ4n) is 4.32. The lowest BCUT2D eigenvalue weighted by molar-refractivity contribution is 0.811. The van der Waals surface area contributed by atoms with Crippen LogP contribution in [0.5, 0.6) is 0 Å². The molecule has 0 unspecified atom stereocenters. The van der Waals surface area contributed by atoms with E-state index >= 15 is 0 Å². The molecule has 32 heavy (non-hydrogen) atoms. The first kappa shape index (κ1) is 24.6. The average Bonchev–Trinajstić information content (AvgIpc) is 2.74. The lowest BCUT2D eigenvalue weighted by Gasteiger charge is -2.25. The van der Waals surface area contributed by atoms with Gasteiger partial charge in [-0.3, -0.25) is 0 Å². The highest BCUT2D eigenvalue weighted by Crippen LogP contribution is 2.38. The second kappa shape index (κ2) is 10.3. The fourth-order valence-corrected chi connectivity index (χ4v) is 4.46. The van der Waals surface area contributed by atoms with E-state index in [4.69, 9.17) is 0 Å². The highest BCUT2D eigenvalue weighted by Gasteiger charge is 2.21. The van der Waals surface area contributed by atoms with Gasteiger partial charge in [-0.05, 0) is 74.7 Å². The zero-order valence-electron chi connectivity index (χ0n) is 21.1. The van der Waals surface area contributed by atoms with E-state index in [9.17, 15) is 0 Å². The molecule has 0 fully saturated rings. The number of hydrogen-bond acceptors (Lipinski definition) is 1. The van der Waals surface area contributed by atoms with Crippen LogP contribution in [0, 0.1) is 0 Å². The molecule has 0 aromatic heterocycles. The van der Waals surface area contributed by atoms with Gasteiger partial charge >= 0.3 is 0 Å². The van der Waals surface area contributed by atoms with Gasteiger partial charge in [0.2, 0.25) is 0 Å². The minimum absolute atomic E-state index is 0.205. The Morgan fingerprint density at radius 3 is 0.969 bits per heavy atom. The maximum atomic E-state index is 4.55. The van der Waals surface area contributed by atoms with E-state index < -0.39 is 0 Å². The van der Waals surface area contributed by atoms with Crippen LogP contribution in [0.2, 0.25) is 0 Å². The molecule has 0 heterocycles. The summed E-state index contributed by atoms with van der Waals surface area (Å²) in [6.45, 7) is 18.4. The molecule has 0 aliphatic heterocycles. The third-order valence-electron chi connectivity index (χ3n) is 6.56. The zero-order valence-corrected chi connectivity index (χ0v) is 22.0. The van der Waals surface area contributed by atoms with Crippen molar-refractivity contribution in [1.82, 2.24) is 0 Å². The second-order valence-corrected chi connectivity index (χ2v) is 11.0. The van der Waals surface area contributed by atoms with Crippen LogP contribution in [0.15, 0.2) is 65.6 Å². The van der Waals surface area contributed by atoms with Crippen LogP contribution in [0.1, 0.15) is 124 Å². The largest absolute Gasteiger partial charge is 0.143 e. The molecule has 0 aliphatic rings. The van der Waals surface area contributed by atoms with Crippen molar-refractivity contribution in [2.24, 2.45) is 0 Å². The molecular formula is C31H40S. The van der Waals surface area contributed by atoms with Crippen molar-refractivity contribution in [1.29, 1.82) is 0 Å². The first-order valence-electron chi connectivity index (χ1n) is 12.1. The van der Waals surface area contributed by atoms with Crippen LogP contribution in [-0.2, 0) is 0 Å². The van der Waals surface area contributed by atoms with Gasteiger partial charge in [-0.25, -0.2) is 0 Å². The molecule has 3 aromatic rings. The molecule has 0 spiro atoms. The SMILES string of the molecule is CC(C)c1cc(C(C)C)cc(C(c2ccc(S)cc2)c2cc(C(C)C)cc(C(C)C)c2)c1. The van der Waals surface area contributed by atoms with Crippen molar-refractivity contribution in [2.75, 3.05) is 0 Å². The Morgan fingerprint density at radius 2 is 0.688 bits per heavy atom. The standard InChI is InChI=1S/C31H40S/c1-19(2)24-13-25(20(3)4)16-28(15-24)31(23-9-11-30(32)12-10-23)29-17-26(21(5)6)14-27(18-29)22(7)8/h9-22,31-32H,1-8H3. The molecule has 0 N–H and O–H groups in total. The zero-order chi connectivity index (χ0) is 23.6. The minimum atomic E-state index is 0.205. The molecule has 0 saturated carbocycles. The molecule has 170 valence electrons. The fraction of sp³-hybridized carbons (Fsp3) is 0.419. The van der Waals surface area contributed by atoms with E-state index in [0.29, 0.717) is 23.7 Å². The minimum Gasteiger partial charge on any atom is -0.143 e. The van der Waals surface area contributed by atoms with E-state index in [1.54, 1.807) is 0 Å². The van der Waals surface area contributed by atoms with Crippen LogP contribution >= 0.6 is 12.6 Å². The first-order valence-corrected chi connectivity index (χ1v) is 12.6. The monoisotopic (exact) mass is 444 g/mol. The number of hydrogen-bond donors (Lipinski definition) is 1. The first-order chi connectivity index (χ1) is 15.1. The van der Waals surface area contributed by atoms with Gasteiger partial charge < -0.3 is 0 Å². The summed E-state index contributed by atoms with van der Waals surface area (Å²) >= 11 is 4.55. The molecule has 3 rings (SSSR count). The van der Waals surface area contributed by atoms with E-state index in [1.165, 1.54) is 38.9 Å². The van der Waals surface area contributed by atoms with Crippen molar-refractivity contribution < 1.29 is 0 Å². The van der Waals surface area contributed by atoms with Crippen molar-refractivity contribution in [3.63, 3.8) is 0 Å². The van der Waals surface area contributed by atoms with E-state index in [0.717, 1.165) is 4.90 Å². The summed E-state index contributed by atoms with van der Waals surface area (Å²) in [5.74, 6) is 2.21.